The van der Waals surface area contributed by atoms with Gasteiger partial charge in [0.1, 0.15) is 6.04 Å². The standard InChI is InChI=1S/C13H19NO5S2/c15-11(5-8-3-4-21(18,19)7-8)14-10(13(16)17)6-20-12(14)9-1-2-9/h8-10,12H,1-7H2,(H,16,17). The molecular weight excluding hydrogens is 314 g/mol. The Labute approximate surface area is 128 Å². The summed E-state index contributed by atoms with van der Waals surface area (Å²) in [6.07, 6.45) is 2.77. The fraction of sp³-hybridized carbons (Fsp3) is 0.846. The van der Waals surface area contributed by atoms with Crippen LogP contribution in [0.15, 0.2) is 0 Å². The van der Waals surface area contributed by atoms with Crippen LogP contribution >= 0.6 is 11.8 Å². The van der Waals surface area contributed by atoms with Crippen LogP contribution in [0, 0.1) is 11.8 Å². The van der Waals surface area contributed by atoms with E-state index >= 15 is 0 Å². The van der Waals surface area contributed by atoms with Gasteiger partial charge >= 0.3 is 5.97 Å². The fourth-order valence-corrected chi connectivity index (χ4v) is 6.68. The first-order chi connectivity index (χ1) is 9.87. The molecule has 2 aliphatic heterocycles. The van der Waals surface area contributed by atoms with Gasteiger partial charge < -0.3 is 10.0 Å². The number of nitrogens with zero attached hydrogens (tertiary/aromatic N) is 1. The van der Waals surface area contributed by atoms with Crippen molar-refractivity contribution in [1.29, 1.82) is 0 Å². The van der Waals surface area contributed by atoms with Gasteiger partial charge in [0.25, 0.3) is 0 Å². The normalized spacial score (nSPS) is 35.0. The predicted molar refractivity (Wildman–Crippen MR) is 78.6 cm³/mol. The smallest absolute Gasteiger partial charge is 0.327 e. The van der Waals surface area contributed by atoms with E-state index in [2.05, 4.69) is 0 Å². The first-order valence-electron chi connectivity index (χ1n) is 7.23. The van der Waals surface area contributed by atoms with E-state index in [0.717, 1.165) is 12.8 Å². The van der Waals surface area contributed by atoms with Gasteiger partial charge in [-0.2, -0.15) is 0 Å². The Hall–Kier alpha value is -0.760. The molecule has 3 rings (SSSR count). The summed E-state index contributed by atoms with van der Waals surface area (Å²) < 4.78 is 23.0. The molecule has 0 aromatic carbocycles. The number of sulfone groups is 1. The van der Waals surface area contributed by atoms with Crippen LogP contribution in [0.3, 0.4) is 0 Å². The molecule has 3 unspecified atom stereocenters. The molecule has 0 aromatic rings. The van der Waals surface area contributed by atoms with E-state index in [1.54, 1.807) is 11.8 Å². The number of carboxylic acid groups (broad SMARTS) is 1. The van der Waals surface area contributed by atoms with Crippen molar-refractivity contribution < 1.29 is 23.1 Å². The van der Waals surface area contributed by atoms with E-state index in [1.807, 2.05) is 0 Å². The van der Waals surface area contributed by atoms with Gasteiger partial charge in [-0.15, -0.1) is 11.8 Å². The first-order valence-corrected chi connectivity index (χ1v) is 10.1. The molecule has 21 heavy (non-hydrogen) atoms. The van der Waals surface area contributed by atoms with Crippen molar-refractivity contribution >= 4 is 33.5 Å². The molecule has 1 saturated carbocycles. The van der Waals surface area contributed by atoms with Crippen molar-refractivity contribution in [1.82, 2.24) is 4.90 Å². The second kappa shape index (κ2) is 5.46. The Morgan fingerprint density at radius 1 is 1.24 bits per heavy atom. The molecule has 1 amide bonds. The second-order valence-corrected chi connectivity index (χ2v) is 9.57. The van der Waals surface area contributed by atoms with E-state index in [0.29, 0.717) is 18.1 Å². The van der Waals surface area contributed by atoms with Crippen LogP contribution in [0.1, 0.15) is 25.7 Å². The monoisotopic (exact) mass is 333 g/mol. The summed E-state index contributed by atoms with van der Waals surface area (Å²) in [7, 11) is -3.00. The third-order valence-electron chi connectivity index (χ3n) is 4.42. The van der Waals surface area contributed by atoms with Crippen LogP contribution in [0.25, 0.3) is 0 Å². The van der Waals surface area contributed by atoms with Gasteiger partial charge in [-0.3, -0.25) is 4.79 Å². The summed E-state index contributed by atoms with van der Waals surface area (Å²) >= 11 is 1.55. The molecule has 3 aliphatic rings. The van der Waals surface area contributed by atoms with Crippen molar-refractivity contribution in [2.45, 2.75) is 37.1 Å². The molecule has 0 bridgehead atoms. The number of thioether (sulfide) groups is 1. The van der Waals surface area contributed by atoms with Crippen LogP contribution in [-0.2, 0) is 19.4 Å². The molecule has 0 spiro atoms. The maximum absolute atomic E-state index is 12.5. The molecule has 0 aromatic heterocycles. The third kappa shape index (κ3) is 3.21. The number of carboxylic acids is 1. The van der Waals surface area contributed by atoms with Gasteiger partial charge in [0.2, 0.25) is 5.91 Å². The van der Waals surface area contributed by atoms with Gasteiger partial charge in [-0.1, -0.05) is 0 Å². The highest BCUT2D eigenvalue weighted by Gasteiger charge is 2.48. The minimum absolute atomic E-state index is 0.0309. The van der Waals surface area contributed by atoms with E-state index in [4.69, 9.17) is 0 Å². The maximum Gasteiger partial charge on any atom is 0.327 e. The summed E-state index contributed by atoms with van der Waals surface area (Å²) in [4.78, 5) is 25.4. The van der Waals surface area contributed by atoms with E-state index < -0.39 is 21.8 Å². The van der Waals surface area contributed by atoms with Gasteiger partial charge in [0, 0.05) is 12.2 Å². The number of carbonyl (C=O) groups excluding carboxylic acids is 1. The van der Waals surface area contributed by atoms with E-state index in [-0.39, 0.29) is 35.1 Å². The van der Waals surface area contributed by atoms with Crippen molar-refractivity contribution in [3.05, 3.63) is 0 Å². The van der Waals surface area contributed by atoms with Crippen LogP contribution in [-0.4, -0.2) is 59.0 Å². The van der Waals surface area contributed by atoms with Crippen LogP contribution in [0.5, 0.6) is 0 Å². The Bertz CT molecular complexity index is 557. The number of rotatable bonds is 4. The molecular formula is C13H19NO5S2. The van der Waals surface area contributed by atoms with Crippen molar-refractivity contribution in [2.24, 2.45) is 11.8 Å². The molecule has 3 atom stereocenters. The van der Waals surface area contributed by atoms with Crippen LogP contribution in [0.2, 0.25) is 0 Å². The average Bonchev–Trinajstić information content (AvgIpc) is 3.03. The molecule has 118 valence electrons. The SMILES string of the molecule is O=C(O)C1CSC(C2CC2)N1C(=O)CC1CCS(=O)(=O)C1. The fourth-order valence-electron chi connectivity index (χ4n) is 3.16. The highest BCUT2D eigenvalue weighted by Crippen LogP contribution is 2.45. The van der Waals surface area contributed by atoms with Crippen molar-refractivity contribution in [2.75, 3.05) is 17.3 Å². The Morgan fingerprint density at radius 3 is 2.48 bits per heavy atom. The topological polar surface area (TPSA) is 91.8 Å². The molecule has 1 aliphatic carbocycles. The van der Waals surface area contributed by atoms with Gasteiger partial charge in [-0.25, -0.2) is 13.2 Å². The highest BCUT2D eigenvalue weighted by atomic mass is 32.2. The largest absolute Gasteiger partial charge is 0.480 e. The Morgan fingerprint density at radius 2 is 1.95 bits per heavy atom. The van der Waals surface area contributed by atoms with Crippen LogP contribution < -0.4 is 0 Å². The quantitative estimate of drug-likeness (QED) is 0.809. The minimum atomic E-state index is -3.00. The summed E-state index contributed by atoms with van der Waals surface area (Å²) in [5.41, 5.74) is 0. The van der Waals surface area contributed by atoms with Crippen molar-refractivity contribution in [3.8, 4) is 0 Å². The lowest BCUT2D eigenvalue weighted by molar-refractivity contribution is -0.149. The number of carbonyl (C=O) groups is 2. The predicted octanol–water partition coefficient (Wildman–Crippen LogP) is 0.576. The van der Waals surface area contributed by atoms with Gasteiger partial charge in [-0.05, 0) is 31.1 Å². The lowest BCUT2D eigenvalue weighted by atomic mass is 10.0. The maximum atomic E-state index is 12.5. The van der Waals surface area contributed by atoms with Gasteiger partial charge in [0.05, 0.1) is 16.9 Å². The van der Waals surface area contributed by atoms with E-state index in [1.165, 1.54) is 4.90 Å². The second-order valence-electron chi connectivity index (χ2n) is 6.19. The molecule has 0 radical (unpaired) electrons. The zero-order valence-corrected chi connectivity index (χ0v) is 13.2. The molecule has 2 saturated heterocycles. The number of amides is 1. The third-order valence-corrected chi connectivity index (χ3v) is 7.72. The zero-order chi connectivity index (χ0) is 15.2. The Balaban J connectivity index is 1.69. The summed E-state index contributed by atoms with van der Waals surface area (Å²) in [6, 6.07) is -0.758. The zero-order valence-electron chi connectivity index (χ0n) is 11.6. The lowest BCUT2D eigenvalue weighted by Crippen LogP contribution is -2.46. The minimum Gasteiger partial charge on any atom is -0.480 e. The Kier molecular flexibility index (Phi) is 3.94. The molecule has 8 heteroatoms. The summed E-state index contributed by atoms with van der Waals surface area (Å²) in [5.74, 6) is -0.243. The van der Waals surface area contributed by atoms with Crippen LogP contribution in [0.4, 0.5) is 0 Å². The summed E-state index contributed by atoms with van der Waals surface area (Å²) in [6.45, 7) is 0. The molecule has 1 N–H and O–H groups in total. The number of hydrogen-bond donors (Lipinski definition) is 1. The number of aliphatic carboxylic acids is 1. The number of hydrogen-bond acceptors (Lipinski definition) is 5. The van der Waals surface area contributed by atoms with Gasteiger partial charge in [0.15, 0.2) is 9.84 Å². The highest BCUT2D eigenvalue weighted by molar-refractivity contribution is 8.00. The molecule has 3 fully saturated rings. The lowest BCUT2D eigenvalue weighted by Gasteiger charge is -2.28. The molecule has 2 heterocycles. The summed E-state index contributed by atoms with van der Waals surface area (Å²) in [5, 5.41) is 9.26. The van der Waals surface area contributed by atoms with E-state index in [9.17, 15) is 23.1 Å². The first kappa shape index (κ1) is 15.1. The average molecular weight is 333 g/mol. The van der Waals surface area contributed by atoms with Crippen molar-refractivity contribution in [3.63, 3.8) is 0 Å². The molecule has 6 nitrogen and oxygen atoms in total.